The molecule has 0 saturated carbocycles. The predicted octanol–water partition coefficient (Wildman–Crippen LogP) is 3.51. The third-order valence-electron chi connectivity index (χ3n) is 4.76. The van der Waals surface area contributed by atoms with E-state index in [0.29, 0.717) is 6.04 Å². The van der Waals surface area contributed by atoms with Crippen molar-refractivity contribution in [2.45, 2.75) is 45.3 Å². The smallest absolute Gasteiger partial charge is 0.0925 e. The fourth-order valence-electron chi connectivity index (χ4n) is 3.51. The zero-order valence-corrected chi connectivity index (χ0v) is 14.5. The van der Waals surface area contributed by atoms with Crippen LogP contribution in [0.5, 0.6) is 0 Å². The van der Waals surface area contributed by atoms with Gasteiger partial charge in [-0.15, -0.1) is 0 Å². The van der Waals surface area contributed by atoms with Crippen molar-refractivity contribution in [2.24, 2.45) is 0 Å². The molecule has 1 saturated heterocycles. The highest BCUT2D eigenvalue weighted by Gasteiger charge is 2.24. The maximum absolute atomic E-state index is 4.48. The summed E-state index contributed by atoms with van der Waals surface area (Å²) in [5.74, 6) is 0. The third-order valence-corrected chi connectivity index (χ3v) is 4.76. The minimum atomic E-state index is 0.522. The number of nitrogens with zero attached hydrogens (tertiary/aromatic N) is 3. The van der Waals surface area contributed by atoms with E-state index in [1.54, 1.807) is 6.33 Å². The van der Waals surface area contributed by atoms with E-state index in [9.17, 15) is 0 Å². The molecule has 0 amide bonds. The van der Waals surface area contributed by atoms with Crippen LogP contribution in [0.4, 0.5) is 0 Å². The minimum absolute atomic E-state index is 0.522. The van der Waals surface area contributed by atoms with Crippen LogP contribution in [0.25, 0.3) is 0 Å². The molecule has 1 aliphatic heterocycles. The van der Waals surface area contributed by atoms with Gasteiger partial charge < -0.3 is 9.88 Å². The van der Waals surface area contributed by atoms with Crippen molar-refractivity contribution in [1.29, 1.82) is 0 Å². The number of aryl methyl sites for hydroxylation is 1. The Hall–Kier alpha value is -1.65. The number of likely N-dealkylation sites (tertiary alicyclic amines) is 1. The summed E-state index contributed by atoms with van der Waals surface area (Å²) in [6.07, 6.45) is 5.66. The number of piperidine rings is 1. The molecule has 1 aliphatic rings. The Kier molecular flexibility index (Phi) is 5.13. The molecule has 1 aromatic carbocycles. The van der Waals surface area contributed by atoms with Crippen molar-refractivity contribution in [3.8, 4) is 0 Å². The van der Waals surface area contributed by atoms with Gasteiger partial charge in [-0.05, 0) is 51.5 Å². The number of benzene rings is 1. The second-order valence-electron chi connectivity index (χ2n) is 6.94. The van der Waals surface area contributed by atoms with Gasteiger partial charge in [0.25, 0.3) is 0 Å². The van der Waals surface area contributed by atoms with Crippen LogP contribution in [0, 0.1) is 6.92 Å². The van der Waals surface area contributed by atoms with Gasteiger partial charge >= 0.3 is 0 Å². The summed E-state index contributed by atoms with van der Waals surface area (Å²) in [4.78, 5) is 12.5. The van der Waals surface area contributed by atoms with Crippen LogP contribution in [0.15, 0.2) is 30.6 Å². The fourth-order valence-corrected chi connectivity index (χ4v) is 3.51. The summed E-state index contributed by atoms with van der Waals surface area (Å²) in [6.45, 7) is 5.22. The first kappa shape index (κ1) is 16.2. The maximum Gasteiger partial charge on any atom is 0.0925 e. The van der Waals surface area contributed by atoms with Gasteiger partial charge in [0.1, 0.15) is 0 Å². The molecule has 23 heavy (non-hydrogen) atoms. The highest BCUT2D eigenvalue weighted by atomic mass is 15.2. The standard InChI is InChI=1S/C19H28N4/c1-15-18(21-14-20-15)13-23-11-5-4-6-19(23)17-9-7-16(8-10-17)12-22(2)3/h7-10,14,19H,4-6,11-13H2,1-3H3,(H,20,21)/t19-/m1/s1. The van der Waals surface area contributed by atoms with Crippen LogP contribution >= 0.6 is 0 Å². The minimum Gasteiger partial charge on any atom is -0.348 e. The number of nitrogens with one attached hydrogen (secondary N) is 1. The molecule has 0 unspecified atom stereocenters. The van der Waals surface area contributed by atoms with Crippen LogP contribution in [0.2, 0.25) is 0 Å². The first-order chi connectivity index (χ1) is 11.1. The molecule has 0 spiro atoms. The van der Waals surface area contributed by atoms with E-state index < -0.39 is 0 Å². The van der Waals surface area contributed by atoms with E-state index in [2.05, 4.69) is 65.1 Å². The van der Waals surface area contributed by atoms with E-state index in [4.69, 9.17) is 0 Å². The quantitative estimate of drug-likeness (QED) is 0.917. The Morgan fingerprint density at radius 2 is 2.00 bits per heavy atom. The second kappa shape index (κ2) is 7.28. The van der Waals surface area contributed by atoms with Gasteiger partial charge in [0, 0.05) is 24.8 Å². The van der Waals surface area contributed by atoms with Gasteiger partial charge in [0.15, 0.2) is 0 Å². The zero-order chi connectivity index (χ0) is 16.2. The van der Waals surface area contributed by atoms with Crippen molar-refractivity contribution in [3.05, 3.63) is 53.1 Å². The summed E-state index contributed by atoms with van der Waals surface area (Å²) in [6, 6.07) is 9.72. The molecule has 4 heteroatoms. The average Bonchev–Trinajstić information content (AvgIpc) is 2.93. The van der Waals surface area contributed by atoms with Gasteiger partial charge in [-0.25, -0.2) is 4.98 Å². The Labute approximate surface area is 139 Å². The van der Waals surface area contributed by atoms with E-state index in [0.717, 1.165) is 19.6 Å². The molecular weight excluding hydrogens is 284 g/mol. The largest absolute Gasteiger partial charge is 0.348 e. The molecule has 0 bridgehead atoms. The Bertz CT molecular complexity index is 615. The molecule has 1 aromatic heterocycles. The Balaban J connectivity index is 1.74. The molecule has 4 nitrogen and oxygen atoms in total. The molecule has 1 N–H and O–H groups in total. The van der Waals surface area contributed by atoms with E-state index in [-0.39, 0.29) is 0 Å². The average molecular weight is 312 g/mol. The topological polar surface area (TPSA) is 35.2 Å². The van der Waals surface area contributed by atoms with Crippen LogP contribution in [0.3, 0.4) is 0 Å². The first-order valence-corrected chi connectivity index (χ1v) is 8.60. The van der Waals surface area contributed by atoms with Crippen molar-refractivity contribution < 1.29 is 0 Å². The number of hydrogen-bond donors (Lipinski definition) is 1. The molecule has 124 valence electrons. The van der Waals surface area contributed by atoms with E-state index >= 15 is 0 Å². The van der Waals surface area contributed by atoms with Crippen molar-refractivity contribution >= 4 is 0 Å². The van der Waals surface area contributed by atoms with Crippen LogP contribution < -0.4 is 0 Å². The third kappa shape index (κ3) is 4.01. The van der Waals surface area contributed by atoms with Gasteiger partial charge in [-0.2, -0.15) is 0 Å². The molecule has 0 aliphatic carbocycles. The SMILES string of the molecule is Cc1[nH]cnc1CN1CCCC[C@@H]1c1ccc(CN(C)C)cc1. The Morgan fingerprint density at radius 1 is 1.22 bits per heavy atom. The van der Waals surface area contributed by atoms with Crippen LogP contribution in [-0.2, 0) is 13.1 Å². The first-order valence-electron chi connectivity index (χ1n) is 8.60. The molecule has 2 aromatic rings. The number of H-pyrrole nitrogens is 1. The zero-order valence-electron chi connectivity index (χ0n) is 14.5. The number of hydrogen-bond acceptors (Lipinski definition) is 3. The summed E-state index contributed by atoms with van der Waals surface area (Å²) < 4.78 is 0. The highest BCUT2D eigenvalue weighted by Crippen LogP contribution is 2.32. The maximum atomic E-state index is 4.48. The molecule has 3 rings (SSSR count). The summed E-state index contributed by atoms with van der Waals surface area (Å²) >= 11 is 0. The summed E-state index contributed by atoms with van der Waals surface area (Å²) in [5.41, 5.74) is 5.20. The summed E-state index contributed by atoms with van der Waals surface area (Å²) in [5, 5.41) is 0. The van der Waals surface area contributed by atoms with E-state index in [1.807, 2.05) is 0 Å². The van der Waals surface area contributed by atoms with Crippen molar-refractivity contribution in [2.75, 3.05) is 20.6 Å². The van der Waals surface area contributed by atoms with Crippen LogP contribution in [0.1, 0.15) is 47.8 Å². The number of aromatic amines is 1. The Morgan fingerprint density at radius 3 is 2.65 bits per heavy atom. The molecule has 2 heterocycles. The molecule has 1 fully saturated rings. The monoisotopic (exact) mass is 312 g/mol. The lowest BCUT2D eigenvalue weighted by molar-refractivity contribution is 0.138. The van der Waals surface area contributed by atoms with Crippen molar-refractivity contribution in [1.82, 2.24) is 19.8 Å². The summed E-state index contributed by atoms with van der Waals surface area (Å²) in [7, 11) is 4.23. The second-order valence-corrected chi connectivity index (χ2v) is 6.94. The molecule has 1 atom stereocenters. The lowest BCUT2D eigenvalue weighted by Crippen LogP contribution is -2.33. The van der Waals surface area contributed by atoms with Gasteiger partial charge in [0.05, 0.1) is 12.0 Å². The predicted molar refractivity (Wildman–Crippen MR) is 94.2 cm³/mol. The fraction of sp³-hybridized carbons (Fsp3) is 0.526. The van der Waals surface area contributed by atoms with Crippen molar-refractivity contribution in [3.63, 3.8) is 0 Å². The lowest BCUT2D eigenvalue weighted by atomic mass is 9.94. The molecular formula is C19H28N4. The highest BCUT2D eigenvalue weighted by molar-refractivity contribution is 5.26. The normalized spacial score (nSPS) is 19.4. The lowest BCUT2D eigenvalue weighted by Gasteiger charge is -2.36. The number of imidazole rings is 1. The number of aromatic nitrogens is 2. The van der Waals surface area contributed by atoms with Crippen LogP contribution in [-0.4, -0.2) is 40.4 Å². The van der Waals surface area contributed by atoms with Gasteiger partial charge in [-0.3, -0.25) is 4.90 Å². The number of rotatable bonds is 5. The molecule has 0 radical (unpaired) electrons. The van der Waals surface area contributed by atoms with Gasteiger partial charge in [-0.1, -0.05) is 30.7 Å². The van der Waals surface area contributed by atoms with Gasteiger partial charge in [0.2, 0.25) is 0 Å². The van der Waals surface area contributed by atoms with E-state index in [1.165, 1.54) is 41.8 Å².